The molecule has 1 N–H and O–H groups in total. The van der Waals surface area contributed by atoms with Gasteiger partial charge in [-0.05, 0) is 62.1 Å². The van der Waals surface area contributed by atoms with Crippen LogP contribution in [0.15, 0.2) is 54.6 Å². The highest BCUT2D eigenvalue weighted by molar-refractivity contribution is 7.22. The second-order valence-electron chi connectivity index (χ2n) is 8.33. The number of piperidine rings is 1. The van der Waals surface area contributed by atoms with E-state index in [0.29, 0.717) is 5.13 Å². The fourth-order valence-electron chi connectivity index (χ4n) is 4.16. The molecule has 2 aromatic heterocycles. The van der Waals surface area contributed by atoms with Gasteiger partial charge in [-0.3, -0.25) is 4.79 Å². The zero-order chi connectivity index (χ0) is 22.1. The summed E-state index contributed by atoms with van der Waals surface area (Å²) >= 11 is 1.53. The van der Waals surface area contributed by atoms with Crippen molar-refractivity contribution in [2.24, 2.45) is 5.92 Å². The first kappa shape index (κ1) is 20.6. The minimum absolute atomic E-state index is 0.0146. The molecule has 0 spiro atoms. The molecule has 0 bridgehead atoms. The molecule has 1 aliphatic rings. The van der Waals surface area contributed by atoms with Crippen molar-refractivity contribution in [3.05, 3.63) is 65.7 Å². The molecule has 5 rings (SSSR count). The monoisotopic (exact) mass is 443 g/mol. The lowest BCUT2D eigenvalue weighted by Gasteiger charge is -2.31. The highest BCUT2D eigenvalue weighted by Crippen LogP contribution is 2.29. The Labute approximate surface area is 191 Å². The summed E-state index contributed by atoms with van der Waals surface area (Å²) < 4.78 is 1.10. The summed E-state index contributed by atoms with van der Waals surface area (Å²) in [4.78, 5) is 19.6. The van der Waals surface area contributed by atoms with E-state index >= 15 is 0 Å². The molecule has 162 valence electrons. The zero-order valence-corrected chi connectivity index (χ0v) is 19.0. The van der Waals surface area contributed by atoms with E-state index < -0.39 is 0 Å². The van der Waals surface area contributed by atoms with E-state index in [1.807, 2.05) is 36.4 Å². The maximum absolute atomic E-state index is 12.8. The normalized spacial score (nSPS) is 14.6. The molecule has 0 saturated carbocycles. The summed E-state index contributed by atoms with van der Waals surface area (Å²) in [5, 5.41) is 12.6. The van der Waals surface area contributed by atoms with Crippen LogP contribution < -0.4 is 10.2 Å². The van der Waals surface area contributed by atoms with Crippen LogP contribution >= 0.6 is 11.3 Å². The SMILES string of the molecule is Cc1ccc2nc(NC(=O)C3CCN(c4ccc(-c5ccccc5C)nn4)CC3)sc2c1. The number of hydrogen-bond donors (Lipinski definition) is 1. The van der Waals surface area contributed by atoms with Crippen LogP contribution in [0.2, 0.25) is 0 Å². The van der Waals surface area contributed by atoms with E-state index in [4.69, 9.17) is 0 Å². The van der Waals surface area contributed by atoms with Crippen molar-refractivity contribution >= 4 is 38.4 Å². The molecule has 1 fully saturated rings. The first-order valence-electron chi connectivity index (χ1n) is 10.9. The topological polar surface area (TPSA) is 71.0 Å². The lowest BCUT2D eigenvalue weighted by Crippen LogP contribution is -2.38. The molecule has 0 unspecified atom stereocenters. The summed E-state index contributed by atoms with van der Waals surface area (Å²) in [6.45, 7) is 5.72. The molecule has 1 amide bonds. The number of thiazole rings is 1. The summed E-state index contributed by atoms with van der Waals surface area (Å²) in [6.07, 6.45) is 1.58. The standard InChI is InChI=1S/C25H25N5OS/c1-16-7-8-21-22(15-16)32-25(26-21)27-24(31)18-11-13-30(14-12-18)23-10-9-20(28-29-23)19-6-4-3-5-17(19)2/h3-10,15,18H,11-14H2,1-2H3,(H,26,27,31). The number of nitrogens with zero attached hydrogens (tertiary/aromatic N) is 4. The third kappa shape index (κ3) is 4.21. The maximum atomic E-state index is 12.8. The number of aryl methyl sites for hydroxylation is 2. The number of nitrogens with one attached hydrogen (secondary N) is 1. The Kier molecular flexibility index (Phi) is 5.57. The first-order chi connectivity index (χ1) is 15.6. The van der Waals surface area contributed by atoms with Gasteiger partial charge in [0.25, 0.3) is 0 Å². The van der Waals surface area contributed by atoms with Gasteiger partial charge < -0.3 is 10.2 Å². The molecule has 1 aliphatic heterocycles. The molecule has 6 nitrogen and oxygen atoms in total. The largest absolute Gasteiger partial charge is 0.355 e. The Morgan fingerprint density at radius 1 is 1.03 bits per heavy atom. The van der Waals surface area contributed by atoms with E-state index in [-0.39, 0.29) is 11.8 Å². The van der Waals surface area contributed by atoms with Crippen LogP contribution in [0.5, 0.6) is 0 Å². The Balaban J connectivity index is 1.20. The summed E-state index contributed by atoms with van der Waals surface area (Å²) in [5.41, 5.74) is 5.29. The van der Waals surface area contributed by atoms with Crippen molar-refractivity contribution in [2.75, 3.05) is 23.3 Å². The third-order valence-electron chi connectivity index (χ3n) is 6.04. The van der Waals surface area contributed by atoms with Gasteiger partial charge in [0.1, 0.15) is 0 Å². The van der Waals surface area contributed by atoms with E-state index in [1.165, 1.54) is 22.5 Å². The number of benzene rings is 2. The average Bonchev–Trinajstić information content (AvgIpc) is 3.21. The molecule has 3 heterocycles. The minimum Gasteiger partial charge on any atom is -0.355 e. The van der Waals surface area contributed by atoms with Crippen molar-refractivity contribution < 1.29 is 4.79 Å². The van der Waals surface area contributed by atoms with Crippen LogP contribution in [0.3, 0.4) is 0 Å². The predicted octanol–water partition coefficient (Wildman–Crippen LogP) is 5.23. The molecular weight excluding hydrogens is 418 g/mol. The lowest BCUT2D eigenvalue weighted by atomic mass is 9.96. The van der Waals surface area contributed by atoms with E-state index in [0.717, 1.165) is 53.2 Å². The van der Waals surface area contributed by atoms with Gasteiger partial charge in [0, 0.05) is 24.6 Å². The second kappa shape index (κ2) is 8.67. The third-order valence-corrected chi connectivity index (χ3v) is 6.97. The van der Waals surface area contributed by atoms with E-state index in [9.17, 15) is 4.79 Å². The number of hydrogen-bond acceptors (Lipinski definition) is 6. The van der Waals surface area contributed by atoms with Gasteiger partial charge in [0.15, 0.2) is 10.9 Å². The number of rotatable bonds is 4. The van der Waals surface area contributed by atoms with E-state index in [2.05, 4.69) is 57.4 Å². The quantitative estimate of drug-likeness (QED) is 0.468. The summed E-state index contributed by atoms with van der Waals surface area (Å²) in [6, 6.07) is 18.4. The Bertz CT molecular complexity index is 1260. The molecule has 0 radical (unpaired) electrons. The minimum atomic E-state index is -0.0146. The van der Waals surface area contributed by atoms with Crippen LogP contribution in [-0.4, -0.2) is 34.2 Å². The summed E-state index contributed by atoms with van der Waals surface area (Å²) in [5.74, 6) is 0.906. The van der Waals surface area contributed by atoms with Gasteiger partial charge in [0.2, 0.25) is 5.91 Å². The van der Waals surface area contributed by atoms with Gasteiger partial charge in [-0.15, -0.1) is 10.2 Å². The van der Waals surface area contributed by atoms with Gasteiger partial charge in [-0.25, -0.2) is 4.98 Å². The Morgan fingerprint density at radius 2 is 1.84 bits per heavy atom. The van der Waals surface area contributed by atoms with Gasteiger partial charge in [-0.1, -0.05) is 41.7 Å². The predicted molar refractivity (Wildman–Crippen MR) is 130 cm³/mol. The average molecular weight is 444 g/mol. The van der Waals surface area contributed by atoms with Gasteiger partial charge in [0.05, 0.1) is 15.9 Å². The molecule has 32 heavy (non-hydrogen) atoms. The number of aromatic nitrogens is 3. The summed E-state index contributed by atoms with van der Waals surface area (Å²) in [7, 11) is 0. The van der Waals surface area contributed by atoms with Crippen molar-refractivity contribution in [1.82, 2.24) is 15.2 Å². The van der Waals surface area contributed by atoms with Crippen molar-refractivity contribution in [1.29, 1.82) is 0 Å². The highest BCUT2D eigenvalue weighted by atomic mass is 32.1. The number of amides is 1. The fourth-order valence-corrected chi connectivity index (χ4v) is 5.13. The van der Waals surface area contributed by atoms with Crippen molar-refractivity contribution in [3.8, 4) is 11.3 Å². The molecule has 2 aromatic carbocycles. The van der Waals surface area contributed by atoms with Crippen LogP contribution in [0.25, 0.3) is 21.5 Å². The van der Waals surface area contributed by atoms with Crippen molar-refractivity contribution in [3.63, 3.8) is 0 Å². The number of fused-ring (bicyclic) bond motifs is 1. The molecule has 7 heteroatoms. The van der Waals surface area contributed by atoms with Crippen LogP contribution in [0, 0.1) is 19.8 Å². The highest BCUT2D eigenvalue weighted by Gasteiger charge is 2.26. The van der Waals surface area contributed by atoms with Gasteiger partial charge >= 0.3 is 0 Å². The molecule has 0 atom stereocenters. The molecule has 0 aliphatic carbocycles. The molecule has 1 saturated heterocycles. The van der Waals surface area contributed by atoms with Crippen molar-refractivity contribution in [2.45, 2.75) is 26.7 Å². The van der Waals surface area contributed by atoms with Gasteiger partial charge in [-0.2, -0.15) is 0 Å². The zero-order valence-electron chi connectivity index (χ0n) is 18.2. The molecular formula is C25H25N5OS. The number of carbonyl (C=O) groups excluding carboxylic acids is 1. The Morgan fingerprint density at radius 3 is 2.59 bits per heavy atom. The van der Waals surface area contributed by atoms with E-state index in [1.54, 1.807) is 0 Å². The fraction of sp³-hybridized carbons (Fsp3) is 0.280. The Hall–Kier alpha value is -3.32. The van der Waals surface area contributed by atoms with Crippen LogP contribution in [0.4, 0.5) is 10.9 Å². The second-order valence-corrected chi connectivity index (χ2v) is 9.36. The lowest BCUT2D eigenvalue weighted by molar-refractivity contribution is -0.120. The maximum Gasteiger partial charge on any atom is 0.229 e. The first-order valence-corrected chi connectivity index (χ1v) is 11.7. The smallest absolute Gasteiger partial charge is 0.229 e. The number of anilines is 2. The van der Waals surface area contributed by atoms with Crippen LogP contribution in [0.1, 0.15) is 24.0 Å². The van der Waals surface area contributed by atoms with Crippen LogP contribution in [-0.2, 0) is 4.79 Å². The number of carbonyl (C=O) groups is 1. The molecule has 4 aromatic rings.